The van der Waals surface area contributed by atoms with E-state index in [4.69, 9.17) is 0 Å². The fraction of sp³-hybridized carbons (Fsp3) is 0.438. The van der Waals surface area contributed by atoms with E-state index in [1.165, 1.54) is 21.6 Å². The molecule has 0 bridgehead atoms. The Bertz CT molecular complexity index is 519. The number of pyridine rings is 1. The standard InChI is InChI=1S/C16H22N2S/c1-4-8-18-15(14-11-17-9-6-12(14)3)16-13(5-2)7-10-19-16/h6-7,9-11,15,18H,4-5,8H2,1-3H3. The van der Waals surface area contributed by atoms with Crippen molar-refractivity contribution in [3.63, 3.8) is 0 Å². The molecule has 0 aliphatic rings. The summed E-state index contributed by atoms with van der Waals surface area (Å²) in [4.78, 5) is 5.74. The Balaban J connectivity index is 2.39. The van der Waals surface area contributed by atoms with Gasteiger partial charge in [0.25, 0.3) is 0 Å². The molecule has 2 rings (SSSR count). The first kappa shape index (κ1) is 14.2. The molecular formula is C16H22N2S. The van der Waals surface area contributed by atoms with Gasteiger partial charge in [-0.1, -0.05) is 13.8 Å². The number of hydrogen-bond donors (Lipinski definition) is 1. The van der Waals surface area contributed by atoms with Crippen molar-refractivity contribution in [1.82, 2.24) is 10.3 Å². The van der Waals surface area contributed by atoms with Crippen LogP contribution in [0.15, 0.2) is 29.9 Å². The van der Waals surface area contributed by atoms with E-state index < -0.39 is 0 Å². The normalized spacial score (nSPS) is 12.6. The first-order valence-electron chi connectivity index (χ1n) is 6.98. The summed E-state index contributed by atoms with van der Waals surface area (Å²) in [6.07, 6.45) is 6.10. The molecule has 0 fully saturated rings. The number of rotatable bonds is 6. The molecule has 102 valence electrons. The van der Waals surface area contributed by atoms with Crippen molar-refractivity contribution >= 4 is 11.3 Å². The van der Waals surface area contributed by atoms with Gasteiger partial charge in [-0.25, -0.2) is 0 Å². The van der Waals surface area contributed by atoms with E-state index in [2.05, 4.69) is 48.6 Å². The van der Waals surface area contributed by atoms with Gasteiger partial charge in [0.05, 0.1) is 6.04 Å². The van der Waals surface area contributed by atoms with Crippen molar-refractivity contribution in [1.29, 1.82) is 0 Å². The van der Waals surface area contributed by atoms with Crippen molar-refractivity contribution in [2.24, 2.45) is 0 Å². The van der Waals surface area contributed by atoms with E-state index >= 15 is 0 Å². The molecule has 0 aliphatic carbocycles. The molecule has 0 saturated heterocycles. The lowest BCUT2D eigenvalue weighted by Gasteiger charge is -2.21. The van der Waals surface area contributed by atoms with Crippen LogP contribution in [-0.4, -0.2) is 11.5 Å². The fourth-order valence-electron chi connectivity index (χ4n) is 2.30. The summed E-state index contributed by atoms with van der Waals surface area (Å²) in [6.45, 7) is 7.62. The molecule has 0 saturated carbocycles. The summed E-state index contributed by atoms with van der Waals surface area (Å²) in [5.41, 5.74) is 4.05. The molecule has 0 amide bonds. The van der Waals surface area contributed by atoms with Crippen LogP contribution in [0, 0.1) is 6.92 Å². The quantitative estimate of drug-likeness (QED) is 0.857. The number of nitrogens with one attached hydrogen (secondary N) is 1. The molecule has 2 nitrogen and oxygen atoms in total. The van der Waals surface area contributed by atoms with Gasteiger partial charge in [-0.2, -0.15) is 0 Å². The Kier molecular flexibility index (Phi) is 5.11. The third kappa shape index (κ3) is 3.23. The summed E-state index contributed by atoms with van der Waals surface area (Å²) in [5, 5.41) is 5.87. The molecule has 0 spiro atoms. The predicted octanol–water partition coefficient (Wildman–Crippen LogP) is 4.10. The van der Waals surface area contributed by atoms with Gasteiger partial charge >= 0.3 is 0 Å². The third-order valence-corrected chi connectivity index (χ3v) is 4.44. The van der Waals surface area contributed by atoms with Crippen molar-refractivity contribution < 1.29 is 0 Å². The summed E-state index contributed by atoms with van der Waals surface area (Å²) in [6, 6.07) is 4.62. The van der Waals surface area contributed by atoms with E-state index in [-0.39, 0.29) is 6.04 Å². The number of aryl methyl sites for hydroxylation is 2. The first-order chi connectivity index (χ1) is 9.27. The van der Waals surface area contributed by atoms with Crippen LogP contribution in [0.3, 0.4) is 0 Å². The van der Waals surface area contributed by atoms with E-state index in [0.29, 0.717) is 0 Å². The van der Waals surface area contributed by atoms with Crippen LogP contribution >= 0.6 is 11.3 Å². The monoisotopic (exact) mass is 274 g/mol. The zero-order valence-electron chi connectivity index (χ0n) is 11.9. The summed E-state index contributed by atoms with van der Waals surface area (Å²) in [7, 11) is 0. The van der Waals surface area contributed by atoms with Gasteiger partial charge in [0.2, 0.25) is 0 Å². The van der Waals surface area contributed by atoms with Crippen LogP contribution in [-0.2, 0) is 6.42 Å². The second kappa shape index (κ2) is 6.83. The van der Waals surface area contributed by atoms with Gasteiger partial charge in [-0.15, -0.1) is 11.3 Å². The maximum atomic E-state index is 4.30. The molecule has 1 N–H and O–H groups in total. The first-order valence-corrected chi connectivity index (χ1v) is 7.86. The maximum Gasteiger partial charge on any atom is 0.0691 e. The lowest BCUT2D eigenvalue weighted by molar-refractivity contribution is 0.598. The van der Waals surface area contributed by atoms with Crippen LogP contribution in [0.2, 0.25) is 0 Å². The fourth-order valence-corrected chi connectivity index (χ4v) is 3.39. The second-order valence-electron chi connectivity index (χ2n) is 4.78. The topological polar surface area (TPSA) is 24.9 Å². The van der Waals surface area contributed by atoms with Gasteiger partial charge in [-0.3, -0.25) is 4.98 Å². The minimum Gasteiger partial charge on any atom is -0.306 e. The Morgan fingerprint density at radius 1 is 1.32 bits per heavy atom. The zero-order chi connectivity index (χ0) is 13.7. The number of nitrogens with zero attached hydrogens (tertiary/aromatic N) is 1. The lowest BCUT2D eigenvalue weighted by Crippen LogP contribution is -2.24. The van der Waals surface area contributed by atoms with E-state index in [1.54, 1.807) is 0 Å². The molecule has 3 heteroatoms. The molecule has 2 aromatic heterocycles. The molecule has 1 atom stereocenters. The van der Waals surface area contributed by atoms with Gasteiger partial charge in [0, 0.05) is 17.3 Å². The molecule has 2 aromatic rings. The SMILES string of the molecule is CCCNC(c1cnccc1C)c1sccc1CC. The lowest BCUT2D eigenvalue weighted by atomic mass is 9.99. The van der Waals surface area contributed by atoms with E-state index in [9.17, 15) is 0 Å². The van der Waals surface area contributed by atoms with E-state index in [0.717, 1.165) is 19.4 Å². The Morgan fingerprint density at radius 2 is 2.16 bits per heavy atom. The summed E-state index contributed by atoms with van der Waals surface area (Å²) in [5.74, 6) is 0. The molecule has 0 radical (unpaired) electrons. The smallest absolute Gasteiger partial charge is 0.0691 e. The van der Waals surface area contributed by atoms with Crippen molar-refractivity contribution in [2.45, 2.75) is 39.7 Å². The molecule has 1 unspecified atom stereocenters. The van der Waals surface area contributed by atoms with Gasteiger partial charge in [-0.05, 0) is 60.5 Å². The van der Waals surface area contributed by atoms with Gasteiger partial charge in [0.15, 0.2) is 0 Å². The predicted molar refractivity (Wildman–Crippen MR) is 82.8 cm³/mol. The molecule has 19 heavy (non-hydrogen) atoms. The highest BCUT2D eigenvalue weighted by Crippen LogP contribution is 2.31. The van der Waals surface area contributed by atoms with Crippen LogP contribution in [0.1, 0.15) is 47.9 Å². The largest absolute Gasteiger partial charge is 0.306 e. The van der Waals surface area contributed by atoms with Crippen molar-refractivity contribution in [3.05, 3.63) is 51.5 Å². The van der Waals surface area contributed by atoms with Gasteiger partial charge in [0.1, 0.15) is 0 Å². The van der Waals surface area contributed by atoms with Crippen molar-refractivity contribution in [3.8, 4) is 0 Å². The summed E-state index contributed by atoms with van der Waals surface area (Å²) >= 11 is 1.85. The summed E-state index contributed by atoms with van der Waals surface area (Å²) < 4.78 is 0. The highest BCUT2D eigenvalue weighted by molar-refractivity contribution is 7.10. The number of thiophene rings is 1. The third-order valence-electron chi connectivity index (χ3n) is 3.41. The Labute approximate surface area is 119 Å². The molecule has 0 aliphatic heterocycles. The highest BCUT2D eigenvalue weighted by atomic mass is 32.1. The van der Waals surface area contributed by atoms with E-state index in [1.807, 2.05) is 23.7 Å². The van der Waals surface area contributed by atoms with Gasteiger partial charge < -0.3 is 5.32 Å². The molecular weight excluding hydrogens is 252 g/mol. The van der Waals surface area contributed by atoms with Crippen LogP contribution < -0.4 is 5.32 Å². The number of hydrogen-bond acceptors (Lipinski definition) is 3. The molecule has 2 heterocycles. The Hall–Kier alpha value is -1.19. The zero-order valence-corrected chi connectivity index (χ0v) is 12.8. The van der Waals surface area contributed by atoms with Crippen LogP contribution in [0.5, 0.6) is 0 Å². The minimum absolute atomic E-state index is 0.281. The number of aromatic nitrogens is 1. The maximum absolute atomic E-state index is 4.30. The second-order valence-corrected chi connectivity index (χ2v) is 5.73. The Morgan fingerprint density at radius 3 is 2.84 bits per heavy atom. The average molecular weight is 274 g/mol. The van der Waals surface area contributed by atoms with Crippen molar-refractivity contribution in [2.75, 3.05) is 6.54 Å². The molecule has 0 aromatic carbocycles. The highest BCUT2D eigenvalue weighted by Gasteiger charge is 2.19. The van der Waals surface area contributed by atoms with Crippen LogP contribution in [0.4, 0.5) is 0 Å². The minimum atomic E-state index is 0.281. The average Bonchev–Trinajstić information content (AvgIpc) is 2.89. The van der Waals surface area contributed by atoms with Crippen LogP contribution in [0.25, 0.3) is 0 Å².